The van der Waals surface area contributed by atoms with Gasteiger partial charge in [-0.1, -0.05) is 0 Å². The van der Waals surface area contributed by atoms with Crippen LogP contribution in [-0.2, 0) is 0 Å². The first-order valence-corrected chi connectivity index (χ1v) is 3.53. The lowest BCUT2D eigenvalue weighted by molar-refractivity contribution is 0.832. The Bertz CT molecular complexity index is 235. The highest BCUT2D eigenvalue weighted by Crippen LogP contribution is 1.91. The molecular weight excluding hydrogens is 140 g/mol. The molecular formula is C7H12N4. The van der Waals surface area contributed by atoms with Gasteiger partial charge in [-0.15, -0.1) is 0 Å². The van der Waals surface area contributed by atoms with Crippen LogP contribution in [0.5, 0.6) is 0 Å². The van der Waals surface area contributed by atoms with Gasteiger partial charge in [-0.3, -0.25) is 4.99 Å². The zero-order chi connectivity index (χ0) is 8.27. The zero-order valence-corrected chi connectivity index (χ0v) is 6.70. The van der Waals surface area contributed by atoms with Crippen LogP contribution in [0.3, 0.4) is 0 Å². The highest BCUT2D eigenvalue weighted by molar-refractivity contribution is 5.93. The van der Waals surface area contributed by atoms with Crippen molar-refractivity contribution < 1.29 is 0 Å². The number of nitrogens with two attached hydrogens (primary N) is 1. The van der Waals surface area contributed by atoms with Gasteiger partial charge >= 0.3 is 0 Å². The standard InChI is InChI=1S/C7H12N4/c1-5(2)11-6(8)7-9-3-4-10-7/h3-5H,1-2H3,(H2,8,11)(H,9,10). The van der Waals surface area contributed by atoms with Gasteiger partial charge in [-0.25, -0.2) is 4.98 Å². The third kappa shape index (κ3) is 2.07. The van der Waals surface area contributed by atoms with Crippen LogP contribution >= 0.6 is 0 Å². The van der Waals surface area contributed by atoms with E-state index in [1.54, 1.807) is 12.4 Å². The number of amidine groups is 1. The van der Waals surface area contributed by atoms with E-state index in [9.17, 15) is 0 Å². The van der Waals surface area contributed by atoms with Crippen molar-refractivity contribution in [2.45, 2.75) is 19.9 Å². The summed E-state index contributed by atoms with van der Waals surface area (Å²) in [4.78, 5) is 11.0. The second-order valence-electron chi connectivity index (χ2n) is 2.55. The predicted molar refractivity (Wildman–Crippen MR) is 44.4 cm³/mol. The van der Waals surface area contributed by atoms with Gasteiger partial charge in [0.05, 0.1) is 0 Å². The Labute approximate surface area is 65.6 Å². The van der Waals surface area contributed by atoms with Crippen LogP contribution in [0.15, 0.2) is 17.4 Å². The number of nitrogens with zero attached hydrogens (tertiary/aromatic N) is 2. The van der Waals surface area contributed by atoms with E-state index in [0.29, 0.717) is 11.7 Å². The van der Waals surface area contributed by atoms with Gasteiger partial charge in [0.25, 0.3) is 0 Å². The van der Waals surface area contributed by atoms with Crippen LogP contribution in [0.1, 0.15) is 19.7 Å². The molecule has 1 heterocycles. The summed E-state index contributed by atoms with van der Waals surface area (Å²) in [6.45, 7) is 3.94. The Morgan fingerprint density at radius 2 is 2.45 bits per heavy atom. The van der Waals surface area contributed by atoms with E-state index in [1.807, 2.05) is 13.8 Å². The van der Waals surface area contributed by atoms with E-state index in [0.717, 1.165) is 0 Å². The number of aliphatic imine (C=N–C) groups is 1. The Hall–Kier alpha value is -1.32. The quantitative estimate of drug-likeness (QED) is 0.479. The van der Waals surface area contributed by atoms with Crippen LogP contribution in [0.2, 0.25) is 0 Å². The average Bonchev–Trinajstić information content (AvgIpc) is 2.35. The highest BCUT2D eigenvalue weighted by atomic mass is 15.0. The summed E-state index contributed by atoms with van der Waals surface area (Å²) >= 11 is 0. The molecule has 0 aromatic carbocycles. The Balaban J connectivity index is 2.77. The maximum absolute atomic E-state index is 5.60. The maximum atomic E-state index is 5.60. The molecule has 0 aliphatic heterocycles. The summed E-state index contributed by atoms with van der Waals surface area (Å²) < 4.78 is 0. The van der Waals surface area contributed by atoms with Gasteiger partial charge in [0.1, 0.15) is 0 Å². The molecule has 0 aliphatic carbocycles. The fraction of sp³-hybridized carbons (Fsp3) is 0.429. The van der Waals surface area contributed by atoms with Crippen molar-refractivity contribution in [1.82, 2.24) is 9.97 Å². The second kappa shape index (κ2) is 3.18. The minimum Gasteiger partial charge on any atom is -0.381 e. The minimum atomic E-state index is 0.208. The molecule has 4 nitrogen and oxygen atoms in total. The van der Waals surface area contributed by atoms with Crippen molar-refractivity contribution in [3.63, 3.8) is 0 Å². The molecule has 0 aliphatic rings. The van der Waals surface area contributed by atoms with Gasteiger partial charge in [0, 0.05) is 18.4 Å². The second-order valence-corrected chi connectivity index (χ2v) is 2.55. The van der Waals surface area contributed by atoms with Gasteiger partial charge in [0.15, 0.2) is 11.7 Å². The first-order valence-electron chi connectivity index (χ1n) is 3.53. The molecule has 0 saturated carbocycles. The Kier molecular flexibility index (Phi) is 2.25. The summed E-state index contributed by atoms with van der Waals surface area (Å²) in [7, 11) is 0. The summed E-state index contributed by atoms with van der Waals surface area (Å²) in [5.41, 5.74) is 5.60. The molecule has 11 heavy (non-hydrogen) atoms. The van der Waals surface area contributed by atoms with E-state index in [2.05, 4.69) is 15.0 Å². The minimum absolute atomic E-state index is 0.208. The summed E-state index contributed by atoms with van der Waals surface area (Å²) in [5, 5.41) is 0. The molecule has 0 fully saturated rings. The number of hydrogen-bond donors (Lipinski definition) is 2. The van der Waals surface area contributed by atoms with Gasteiger partial charge in [-0.2, -0.15) is 0 Å². The number of aromatic amines is 1. The monoisotopic (exact) mass is 152 g/mol. The summed E-state index contributed by atoms with van der Waals surface area (Å²) in [5.74, 6) is 1.10. The van der Waals surface area contributed by atoms with Crippen LogP contribution in [0.25, 0.3) is 0 Å². The molecule has 0 unspecified atom stereocenters. The number of H-pyrrole nitrogens is 1. The lowest BCUT2D eigenvalue weighted by Gasteiger charge is -1.98. The topological polar surface area (TPSA) is 67.1 Å². The van der Waals surface area contributed by atoms with Gasteiger partial charge in [-0.05, 0) is 13.8 Å². The highest BCUT2D eigenvalue weighted by Gasteiger charge is 1.99. The molecule has 0 saturated heterocycles. The molecule has 1 aromatic heterocycles. The van der Waals surface area contributed by atoms with Crippen LogP contribution in [0, 0.1) is 0 Å². The van der Waals surface area contributed by atoms with Crippen molar-refractivity contribution in [2.75, 3.05) is 0 Å². The van der Waals surface area contributed by atoms with Crippen LogP contribution in [0.4, 0.5) is 0 Å². The number of aromatic nitrogens is 2. The fourth-order valence-corrected chi connectivity index (χ4v) is 0.745. The number of imidazole rings is 1. The molecule has 4 heteroatoms. The fourth-order valence-electron chi connectivity index (χ4n) is 0.745. The van der Waals surface area contributed by atoms with Crippen molar-refractivity contribution >= 4 is 5.84 Å². The zero-order valence-electron chi connectivity index (χ0n) is 6.70. The maximum Gasteiger partial charge on any atom is 0.172 e. The third-order valence-corrected chi connectivity index (χ3v) is 1.14. The van der Waals surface area contributed by atoms with Crippen molar-refractivity contribution in [2.24, 2.45) is 10.7 Å². The normalized spacial score (nSPS) is 12.5. The van der Waals surface area contributed by atoms with Crippen LogP contribution < -0.4 is 5.73 Å². The molecule has 1 rings (SSSR count). The van der Waals surface area contributed by atoms with Crippen LogP contribution in [-0.4, -0.2) is 21.8 Å². The smallest absolute Gasteiger partial charge is 0.172 e. The SMILES string of the molecule is CC(C)N=C(N)c1ncc[nH]1. The van der Waals surface area contributed by atoms with Gasteiger partial charge < -0.3 is 10.7 Å². The number of nitrogens with one attached hydrogen (secondary N) is 1. The van der Waals surface area contributed by atoms with E-state index >= 15 is 0 Å². The number of hydrogen-bond acceptors (Lipinski definition) is 2. The summed E-state index contributed by atoms with van der Waals surface area (Å²) in [6.07, 6.45) is 3.37. The van der Waals surface area contributed by atoms with Gasteiger partial charge in [0.2, 0.25) is 0 Å². The molecule has 0 spiro atoms. The average molecular weight is 152 g/mol. The van der Waals surface area contributed by atoms with Crippen molar-refractivity contribution in [1.29, 1.82) is 0 Å². The summed E-state index contributed by atoms with van der Waals surface area (Å²) in [6, 6.07) is 0.208. The molecule has 0 atom stereocenters. The Morgan fingerprint density at radius 1 is 1.73 bits per heavy atom. The van der Waals surface area contributed by atoms with Crippen molar-refractivity contribution in [3.8, 4) is 0 Å². The first-order chi connectivity index (χ1) is 5.20. The molecule has 1 aromatic rings. The lowest BCUT2D eigenvalue weighted by atomic mass is 10.4. The molecule has 0 amide bonds. The van der Waals surface area contributed by atoms with E-state index < -0.39 is 0 Å². The molecule has 0 bridgehead atoms. The first kappa shape index (κ1) is 7.78. The lowest BCUT2D eigenvalue weighted by Crippen LogP contribution is -2.17. The molecule has 60 valence electrons. The number of rotatable bonds is 2. The third-order valence-electron chi connectivity index (χ3n) is 1.14. The molecule has 3 N–H and O–H groups in total. The largest absolute Gasteiger partial charge is 0.381 e. The van der Waals surface area contributed by atoms with E-state index in [4.69, 9.17) is 5.73 Å². The molecule has 0 radical (unpaired) electrons. The van der Waals surface area contributed by atoms with E-state index in [-0.39, 0.29) is 6.04 Å². The van der Waals surface area contributed by atoms with Crippen molar-refractivity contribution in [3.05, 3.63) is 18.2 Å². The Morgan fingerprint density at radius 3 is 2.91 bits per heavy atom. The van der Waals surface area contributed by atoms with E-state index in [1.165, 1.54) is 0 Å². The predicted octanol–water partition coefficient (Wildman–Crippen LogP) is 0.523.